The molecule has 0 aromatic rings. The van der Waals surface area contributed by atoms with Crippen LogP contribution in [-0.2, 0) is 38.1 Å². The largest absolute Gasteiger partial charge is 0.464 e. The van der Waals surface area contributed by atoms with Gasteiger partial charge in [0.1, 0.15) is 6.61 Å². The van der Waals surface area contributed by atoms with E-state index in [1.165, 1.54) is 44.9 Å². The standard InChI is InChI=1S/C34H61NO8/c1-6-11-12-13-14-15-16-17-18-19-24-35-25-28(41-30(37)21-8-3)34(43-32(39)23-10-5)33(42-31(38)22-9-4)27(35)26-40-29(36)20-7-2/h27-28,33-34H,6-26H2,1-5H3/t27-,28+,33-,34-/m1/s1. The van der Waals surface area contributed by atoms with Crippen molar-refractivity contribution < 1.29 is 38.1 Å². The first kappa shape index (κ1) is 38.9. The molecule has 0 aliphatic carbocycles. The van der Waals surface area contributed by atoms with Crippen molar-refractivity contribution in [3.8, 4) is 0 Å². The van der Waals surface area contributed by atoms with Gasteiger partial charge in [-0.1, -0.05) is 92.4 Å². The van der Waals surface area contributed by atoms with E-state index in [-0.39, 0.29) is 44.2 Å². The Bertz CT molecular complexity index is 788. The molecule has 4 atom stereocenters. The molecule has 43 heavy (non-hydrogen) atoms. The normalized spacial score (nSPS) is 20.4. The van der Waals surface area contributed by atoms with Gasteiger partial charge in [0.2, 0.25) is 0 Å². The lowest BCUT2D eigenvalue weighted by Gasteiger charge is -2.47. The molecule has 0 bridgehead atoms. The summed E-state index contributed by atoms with van der Waals surface area (Å²) >= 11 is 0. The van der Waals surface area contributed by atoms with E-state index in [1.54, 1.807) is 0 Å². The van der Waals surface area contributed by atoms with Crippen LogP contribution in [0.1, 0.15) is 150 Å². The zero-order chi connectivity index (χ0) is 31.9. The van der Waals surface area contributed by atoms with Crippen LogP contribution in [0.5, 0.6) is 0 Å². The van der Waals surface area contributed by atoms with E-state index in [0.29, 0.717) is 38.8 Å². The van der Waals surface area contributed by atoms with Gasteiger partial charge in [0, 0.05) is 32.2 Å². The number of esters is 4. The lowest BCUT2D eigenvalue weighted by Crippen LogP contribution is -2.65. The average molecular weight is 612 g/mol. The second-order valence-electron chi connectivity index (χ2n) is 11.9. The van der Waals surface area contributed by atoms with Gasteiger partial charge in [-0.05, 0) is 38.6 Å². The molecule has 1 heterocycles. The third-order valence-corrected chi connectivity index (χ3v) is 7.80. The molecule has 1 aliphatic heterocycles. The minimum atomic E-state index is -0.987. The number of ether oxygens (including phenoxy) is 4. The Morgan fingerprint density at radius 1 is 0.535 bits per heavy atom. The summed E-state index contributed by atoms with van der Waals surface area (Å²) in [5.41, 5.74) is 0. The monoisotopic (exact) mass is 611 g/mol. The number of hydrogen-bond acceptors (Lipinski definition) is 9. The number of piperidine rings is 1. The van der Waals surface area contributed by atoms with Gasteiger partial charge in [-0.2, -0.15) is 0 Å². The zero-order valence-electron chi connectivity index (χ0n) is 27.9. The summed E-state index contributed by atoms with van der Waals surface area (Å²) in [6.45, 7) is 10.8. The number of nitrogens with zero attached hydrogens (tertiary/aromatic N) is 1. The summed E-state index contributed by atoms with van der Waals surface area (Å²) in [4.78, 5) is 52.7. The lowest BCUT2D eigenvalue weighted by molar-refractivity contribution is -0.210. The Hall–Kier alpha value is -2.16. The van der Waals surface area contributed by atoms with Crippen LogP contribution in [0, 0.1) is 0 Å². The van der Waals surface area contributed by atoms with E-state index in [1.807, 2.05) is 27.7 Å². The quantitative estimate of drug-likeness (QED) is 0.0643. The van der Waals surface area contributed by atoms with Crippen molar-refractivity contribution in [2.24, 2.45) is 0 Å². The van der Waals surface area contributed by atoms with Crippen LogP contribution in [0.15, 0.2) is 0 Å². The van der Waals surface area contributed by atoms with E-state index in [2.05, 4.69) is 11.8 Å². The van der Waals surface area contributed by atoms with Gasteiger partial charge in [-0.3, -0.25) is 24.1 Å². The van der Waals surface area contributed by atoms with E-state index >= 15 is 0 Å². The van der Waals surface area contributed by atoms with Crippen molar-refractivity contribution in [2.75, 3.05) is 19.7 Å². The topological polar surface area (TPSA) is 108 Å². The molecule has 0 N–H and O–H groups in total. The fourth-order valence-corrected chi connectivity index (χ4v) is 5.48. The van der Waals surface area contributed by atoms with Gasteiger partial charge < -0.3 is 18.9 Å². The summed E-state index contributed by atoms with van der Waals surface area (Å²) in [6.07, 6.45) is 12.7. The number of rotatable bonds is 24. The molecule has 250 valence electrons. The van der Waals surface area contributed by atoms with E-state index in [4.69, 9.17) is 18.9 Å². The first-order valence-corrected chi connectivity index (χ1v) is 17.3. The van der Waals surface area contributed by atoms with E-state index in [9.17, 15) is 19.2 Å². The first-order chi connectivity index (χ1) is 20.8. The fraction of sp³-hybridized carbons (Fsp3) is 0.882. The molecule has 1 saturated heterocycles. The Kier molecular flexibility index (Phi) is 21.9. The highest BCUT2D eigenvalue weighted by Gasteiger charge is 2.50. The number of carbonyl (C=O) groups is 4. The number of unbranched alkanes of at least 4 members (excludes halogenated alkanes) is 9. The van der Waals surface area contributed by atoms with Gasteiger partial charge in [0.15, 0.2) is 18.3 Å². The van der Waals surface area contributed by atoms with Crippen LogP contribution in [0.2, 0.25) is 0 Å². The molecular formula is C34H61NO8. The maximum absolute atomic E-state index is 12.8. The summed E-state index contributed by atoms with van der Waals surface area (Å²) < 4.78 is 23.4. The highest BCUT2D eigenvalue weighted by Crippen LogP contribution is 2.29. The molecule has 0 saturated carbocycles. The van der Waals surface area contributed by atoms with Crippen molar-refractivity contribution >= 4 is 23.9 Å². The Balaban J connectivity index is 3.15. The number of carbonyl (C=O) groups excluding carboxylic acids is 4. The van der Waals surface area contributed by atoms with Gasteiger partial charge in [0.25, 0.3) is 0 Å². The van der Waals surface area contributed by atoms with Crippen molar-refractivity contribution in [1.29, 1.82) is 0 Å². The summed E-state index contributed by atoms with van der Waals surface area (Å²) in [6, 6.07) is -0.527. The molecular weight excluding hydrogens is 550 g/mol. The molecule has 0 aromatic carbocycles. The minimum absolute atomic E-state index is 0.00187. The zero-order valence-corrected chi connectivity index (χ0v) is 27.9. The van der Waals surface area contributed by atoms with Crippen LogP contribution in [0.4, 0.5) is 0 Å². The van der Waals surface area contributed by atoms with E-state index in [0.717, 1.165) is 19.3 Å². The highest BCUT2D eigenvalue weighted by molar-refractivity contribution is 5.72. The predicted molar refractivity (Wildman–Crippen MR) is 167 cm³/mol. The Morgan fingerprint density at radius 2 is 0.977 bits per heavy atom. The van der Waals surface area contributed by atoms with Crippen LogP contribution >= 0.6 is 0 Å². The van der Waals surface area contributed by atoms with Crippen LogP contribution < -0.4 is 0 Å². The summed E-state index contributed by atoms with van der Waals surface area (Å²) in [5, 5.41) is 0. The molecule has 9 nitrogen and oxygen atoms in total. The second-order valence-corrected chi connectivity index (χ2v) is 11.9. The average Bonchev–Trinajstić information content (AvgIpc) is 2.96. The summed E-state index contributed by atoms with van der Waals surface area (Å²) in [5.74, 6) is -1.57. The maximum Gasteiger partial charge on any atom is 0.306 e. The predicted octanol–water partition coefficient (Wildman–Crippen LogP) is 7.07. The number of hydrogen-bond donors (Lipinski definition) is 0. The minimum Gasteiger partial charge on any atom is -0.464 e. The lowest BCUT2D eigenvalue weighted by atomic mass is 9.92. The van der Waals surface area contributed by atoms with Gasteiger partial charge >= 0.3 is 23.9 Å². The molecule has 0 aromatic heterocycles. The maximum atomic E-state index is 12.8. The second kappa shape index (κ2) is 24.2. The molecule has 1 fully saturated rings. The highest BCUT2D eigenvalue weighted by atomic mass is 16.6. The first-order valence-electron chi connectivity index (χ1n) is 17.3. The van der Waals surface area contributed by atoms with Gasteiger partial charge in [-0.25, -0.2) is 0 Å². The fourth-order valence-electron chi connectivity index (χ4n) is 5.48. The molecule has 0 unspecified atom stereocenters. The Labute approximate surface area is 261 Å². The van der Waals surface area contributed by atoms with Gasteiger partial charge in [0.05, 0.1) is 6.04 Å². The van der Waals surface area contributed by atoms with Crippen molar-refractivity contribution in [1.82, 2.24) is 4.90 Å². The van der Waals surface area contributed by atoms with Crippen LogP contribution in [0.3, 0.4) is 0 Å². The molecule has 0 amide bonds. The Morgan fingerprint density at radius 3 is 1.49 bits per heavy atom. The molecule has 1 aliphatic rings. The summed E-state index contributed by atoms with van der Waals surface area (Å²) in [7, 11) is 0. The van der Waals surface area contributed by atoms with Crippen LogP contribution in [0.25, 0.3) is 0 Å². The molecule has 1 rings (SSSR count). The molecule has 0 spiro atoms. The number of likely N-dealkylation sites (tertiary alicyclic amines) is 1. The molecule has 0 radical (unpaired) electrons. The van der Waals surface area contributed by atoms with Crippen molar-refractivity contribution in [2.45, 2.75) is 175 Å². The van der Waals surface area contributed by atoms with E-state index < -0.39 is 36.3 Å². The third-order valence-electron chi connectivity index (χ3n) is 7.80. The van der Waals surface area contributed by atoms with Crippen molar-refractivity contribution in [3.63, 3.8) is 0 Å². The molecule has 9 heteroatoms. The van der Waals surface area contributed by atoms with Crippen LogP contribution in [-0.4, -0.2) is 72.8 Å². The smallest absolute Gasteiger partial charge is 0.306 e. The third kappa shape index (κ3) is 16.5. The SMILES string of the molecule is CCCCCCCCCCCCN1C[C@H](OC(=O)CCC)[C@@H](OC(=O)CCC)[C@H](OC(=O)CCC)[C@H]1COC(=O)CCC. The van der Waals surface area contributed by atoms with Gasteiger partial charge in [-0.15, -0.1) is 0 Å². The van der Waals surface area contributed by atoms with Crippen molar-refractivity contribution in [3.05, 3.63) is 0 Å².